The molecule has 2 heterocycles. The smallest absolute Gasteiger partial charge is 0.273 e. The highest BCUT2D eigenvalue weighted by atomic mass is 33.1. The summed E-state index contributed by atoms with van der Waals surface area (Å²) in [6, 6.07) is 9.63. The Hall–Kier alpha value is -1.51. The van der Waals surface area contributed by atoms with Gasteiger partial charge in [0, 0.05) is 22.3 Å². The van der Waals surface area contributed by atoms with Crippen LogP contribution in [0.1, 0.15) is 41.8 Å². The van der Waals surface area contributed by atoms with E-state index in [1.54, 1.807) is 18.2 Å². The summed E-state index contributed by atoms with van der Waals surface area (Å²) in [5.74, 6) is 0.415. The van der Waals surface area contributed by atoms with Crippen molar-refractivity contribution in [2.24, 2.45) is 0 Å². The number of carbonyl (C=O) groups is 2. The van der Waals surface area contributed by atoms with Crippen LogP contribution in [-0.2, 0) is 4.79 Å². The molecule has 2 aromatic rings. The Labute approximate surface area is 170 Å². The van der Waals surface area contributed by atoms with Crippen molar-refractivity contribution in [3.05, 3.63) is 47.1 Å². The van der Waals surface area contributed by atoms with Crippen LogP contribution in [0.5, 0.6) is 0 Å². The van der Waals surface area contributed by atoms with Gasteiger partial charge in [-0.2, -0.15) is 0 Å². The molecule has 4 nitrogen and oxygen atoms in total. The molecule has 1 aromatic carbocycles. The van der Waals surface area contributed by atoms with E-state index >= 15 is 0 Å². The van der Waals surface area contributed by atoms with Gasteiger partial charge in [0.1, 0.15) is 5.82 Å². The Morgan fingerprint density at radius 3 is 2.63 bits per heavy atom. The summed E-state index contributed by atoms with van der Waals surface area (Å²) in [5.41, 5.74) is 5.78. The Bertz CT molecular complexity index is 774. The van der Waals surface area contributed by atoms with E-state index in [1.807, 2.05) is 27.7 Å². The molecule has 8 heteroatoms. The predicted octanol–water partition coefficient (Wildman–Crippen LogP) is 5.03. The largest absolute Gasteiger partial charge is 0.279 e. The summed E-state index contributed by atoms with van der Waals surface area (Å²) in [6.45, 7) is 0. The number of hydrogen-bond donors (Lipinski definition) is 2. The molecule has 1 fully saturated rings. The molecule has 2 N–H and O–H groups in total. The van der Waals surface area contributed by atoms with Crippen molar-refractivity contribution < 1.29 is 14.0 Å². The first kappa shape index (κ1) is 20.2. The van der Waals surface area contributed by atoms with Gasteiger partial charge < -0.3 is 0 Å². The van der Waals surface area contributed by atoms with Crippen molar-refractivity contribution >= 4 is 44.7 Å². The summed E-state index contributed by atoms with van der Waals surface area (Å²) in [7, 11) is 3.89. The van der Waals surface area contributed by atoms with Gasteiger partial charge in [-0.3, -0.25) is 20.4 Å². The average molecular weight is 425 g/mol. The van der Waals surface area contributed by atoms with Gasteiger partial charge in [-0.05, 0) is 49.1 Å². The summed E-state index contributed by atoms with van der Waals surface area (Å²) in [6.07, 6.45) is 4.69. The molecule has 0 radical (unpaired) electrons. The molecule has 144 valence electrons. The highest BCUT2D eigenvalue weighted by Crippen LogP contribution is 2.39. The second-order valence-corrected chi connectivity index (χ2v) is 10.1. The molecule has 1 unspecified atom stereocenters. The van der Waals surface area contributed by atoms with Crippen LogP contribution in [0.25, 0.3) is 10.4 Å². The minimum Gasteiger partial charge on any atom is -0.273 e. The van der Waals surface area contributed by atoms with Gasteiger partial charge in [-0.1, -0.05) is 40.1 Å². The molecule has 0 saturated carbocycles. The third kappa shape index (κ3) is 6.26. The SMILES string of the molecule is O=C(CCCCC1CCSS1)NNC(=O)c1ccc(-c2ccc(F)cc2)s1. The number of benzene rings is 1. The molecule has 0 aliphatic carbocycles. The van der Waals surface area contributed by atoms with E-state index in [0.29, 0.717) is 11.3 Å². The van der Waals surface area contributed by atoms with E-state index in [2.05, 4.69) is 10.9 Å². The van der Waals surface area contributed by atoms with E-state index < -0.39 is 0 Å². The van der Waals surface area contributed by atoms with Gasteiger partial charge in [0.25, 0.3) is 5.91 Å². The van der Waals surface area contributed by atoms with E-state index in [9.17, 15) is 14.0 Å². The highest BCUT2D eigenvalue weighted by molar-refractivity contribution is 8.77. The normalized spacial score (nSPS) is 16.3. The van der Waals surface area contributed by atoms with Crippen molar-refractivity contribution in [3.63, 3.8) is 0 Å². The molecule has 1 aromatic heterocycles. The quantitative estimate of drug-likeness (QED) is 0.372. The fraction of sp³-hybridized carbons (Fsp3) is 0.368. The van der Waals surface area contributed by atoms with Crippen LogP contribution in [0.4, 0.5) is 4.39 Å². The lowest BCUT2D eigenvalue weighted by Gasteiger charge is -2.08. The number of hydrogen-bond acceptors (Lipinski definition) is 5. The zero-order valence-corrected chi connectivity index (χ0v) is 17.2. The molecule has 0 spiro atoms. The minimum absolute atomic E-state index is 0.174. The van der Waals surface area contributed by atoms with Crippen LogP contribution in [-0.4, -0.2) is 22.8 Å². The monoisotopic (exact) mass is 424 g/mol. The van der Waals surface area contributed by atoms with E-state index in [4.69, 9.17) is 0 Å². The third-order valence-electron chi connectivity index (χ3n) is 4.18. The fourth-order valence-electron chi connectivity index (χ4n) is 2.70. The van der Waals surface area contributed by atoms with Crippen molar-refractivity contribution in [2.75, 3.05) is 5.75 Å². The Kier molecular flexibility index (Phi) is 7.60. The molecule has 1 aliphatic heterocycles. The number of unbranched alkanes of at least 4 members (excludes halogenated alkanes) is 1. The van der Waals surface area contributed by atoms with Crippen molar-refractivity contribution in [1.82, 2.24) is 10.9 Å². The highest BCUT2D eigenvalue weighted by Gasteiger charge is 2.16. The Morgan fingerprint density at radius 1 is 1.07 bits per heavy atom. The average Bonchev–Trinajstić information content (AvgIpc) is 3.36. The number of nitrogens with one attached hydrogen (secondary N) is 2. The second kappa shape index (κ2) is 10.1. The molecule has 1 saturated heterocycles. The summed E-state index contributed by atoms with van der Waals surface area (Å²) < 4.78 is 13.0. The topological polar surface area (TPSA) is 58.2 Å². The number of hydrazine groups is 1. The molecule has 3 rings (SSSR count). The Balaban J connectivity index is 1.38. The maximum Gasteiger partial charge on any atom is 0.279 e. The van der Waals surface area contributed by atoms with Crippen LogP contribution in [0.15, 0.2) is 36.4 Å². The van der Waals surface area contributed by atoms with Crippen molar-refractivity contribution in [1.29, 1.82) is 0 Å². The summed E-state index contributed by atoms with van der Waals surface area (Å²) in [5, 5.41) is 0.729. The molecule has 0 bridgehead atoms. The molecular weight excluding hydrogens is 403 g/mol. The van der Waals surface area contributed by atoms with E-state index in [1.165, 1.54) is 35.6 Å². The Morgan fingerprint density at radius 2 is 1.89 bits per heavy atom. The number of halogens is 1. The van der Waals surface area contributed by atoms with Gasteiger partial charge in [-0.25, -0.2) is 4.39 Å². The van der Waals surface area contributed by atoms with Crippen LogP contribution in [0, 0.1) is 5.82 Å². The van der Waals surface area contributed by atoms with Crippen LogP contribution in [0.2, 0.25) is 0 Å². The lowest BCUT2D eigenvalue weighted by Crippen LogP contribution is -2.41. The van der Waals surface area contributed by atoms with Gasteiger partial charge in [0.05, 0.1) is 4.88 Å². The molecular formula is C19H21FN2O2S3. The van der Waals surface area contributed by atoms with E-state index in [-0.39, 0.29) is 17.6 Å². The van der Waals surface area contributed by atoms with Gasteiger partial charge in [-0.15, -0.1) is 11.3 Å². The zero-order valence-electron chi connectivity index (χ0n) is 14.7. The summed E-state index contributed by atoms with van der Waals surface area (Å²) in [4.78, 5) is 25.4. The van der Waals surface area contributed by atoms with E-state index in [0.717, 1.165) is 35.0 Å². The standard InChI is InChI=1S/C19H21FN2O2S3/c20-14-7-5-13(6-8-14)16-9-10-17(26-16)19(24)22-21-18(23)4-2-1-3-15-11-12-25-27-15/h5-10,15H,1-4,11-12H2,(H,21,23)(H,22,24). The lowest BCUT2D eigenvalue weighted by atomic mass is 10.1. The van der Waals surface area contributed by atoms with Crippen molar-refractivity contribution in [3.8, 4) is 10.4 Å². The zero-order chi connectivity index (χ0) is 19.1. The minimum atomic E-state index is -0.346. The van der Waals surface area contributed by atoms with Crippen LogP contribution in [0.3, 0.4) is 0 Å². The lowest BCUT2D eigenvalue weighted by molar-refractivity contribution is -0.121. The first-order valence-corrected chi connectivity index (χ1v) is 12.0. The maximum atomic E-state index is 13.0. The number of thiophene rings is 1. The molecule has 2 amide bonds. The first-order chi connectivity index (χ1) is 13.1. The number of rotatable bonds is 7. The first-order valence-electron chi connectivity index (χ1n) is 8.85. The molecule has 27 heavy (non-hydrogen) atoms. The van der Waals surface area contributed by atoms with Crippen LogP contribution < -0.4 is 10.9 Å². The number of amides is 2. The predicted molar refractivity (Wildman–Crippen MR) is 112 cm³/mol. The maximum absolute atomic E-state index is 13.0. The molecule has 1 atom stereocenters. The molecule has 1 aliphatic rings. The summed E-state index contributed by atoms with van der Waals surface area (Å²) >= 11 is 1.30. The van der Waals surface area contributed by atoms with Gasteiger partial charge in [0.15, 0.2) is 0 Å². The van der Waals surface area contributed by atoms with Gasteiger partial charge in [0.2, 0.25) is 5.91 Å². The third-order valence-corrected chi connectivity index (χ3v) is 8.32. The second-order valence-electron chi connectivity index (χ2n) is 6.25. The van der Waals surface area contributed by atoms with Crippen molar-refractivity contribution in [2.45, 2.75) is 37.4 Å². The van der Waals surface area contributed by atoms with Crippen LogP contribution >= 0.6 is 32.9 Å². The number of carbonyl (C=O) groups excluding carboxylic acids is 2. The van der Waals surface area contributed by atoms with Gasteiger partial charge >= 0.3 is 0 Å². The fourth-order valence-corrected chi connectivity index (χ4v) is 6.64.